The molecule has 1 saturated heterocycles. The smallest absolute Gasteiger partial charge is 0.231 e. The first-order chi connectivity index (χ1) is 11.3. The van der Waals surface area contributed by atoms with Gasteiger partial charge < -0.3 is 20.1 Å². The van der Waals surface area contributed by atoms with Gasteiger partial charge in [0.2, 0.25) is 12.7 Å². The van der Waals surface area contributed by atoms with Crippen molar-refractivity contribution in [2.45, 2.75) is 18.9 Å². The summed E-state index contributed by atoms with van der Waals surface area (Å²) in [5.74, 6) is 1.53. The summed E-state index contributed by atoms with van der Waals surface area (Å²) in [5.41, 5.74) is 1.78. The molecule has 1 amide bonds. The molecule has 25 heavy (non-hydrogen) atoms. The van der Waals surface area contributed by atoms with Crippen LogP contribution < -0.4 is 20.1 Å². The molecule has 6 nitrogen and oxygen atoms in total. The number of ether oxygens (including phenoxy) is 2. The van der Waals surface area contributed by atoms with Gasteiger partial charge in [-0.2, -0.15) is 0 Å². The highest BCUT2D eigenvalue weighted by Gasteiger charge is 2.18. The van der Waals surface area contributed by atoms with Gasteiger partial charge in [0.1, 0.15) is 5.01 Å². The van der Waals surface area contributed by atoms with Crippen LogP contribution in [-0.2, 0) is 11.2 Å². The topological polar surface area (TPSA) is 72.5 Å². The second-order valence-electron chi connectivity index (χ2n) is 5.65. The molecule has 136 valence electrons. The molecule has 0 radical (unpaired) electrons. The maximum absolute atomic E-state index is 12.1. The van der Waals surface area contributed by atoms with E-state index in [-0.39, 0.29) is 43.6 Å². The van der Waals surface area contributed by atoms with Crippen molar-refractivity contribution >= 4 is 42.1 Å². The number of hydrogen-bond acceptors (Lipinski definition) is 6. The molecule has 1 aromatic carbocycles. The average molecular weight is 404 g/mol. The number of benzene rings is 1. The van der Waals surface area contributed by atoms with Crippen molar-refractivity contribution in [2.24, 2.45) is 0 Å². The zero-order valence-electron chi connectivity index (χ0n) is 13.3. The number of halogens is 2. The van der Waals surface area contributed by atoms with Crippen molar-refractivity contribution in [2.75, 3.05) is 19.9 Å². The fourth-order valence-electron chi connectivity index (χ4n) is 2.77. The third-order valence-corrected chi connectivity index (χ3v) is 4.88. The molecule has 1 atom stereocenters. The Balaban J connectivity index is 0.00000113. The van der Waals surface area contributed by atoms with Gasteiger partial charge in [0, 0.05) is 23.5 Å². The molecule has 0 saturated carbocycles. The van der Waals surface area contributed by atoms with E-state index in [1.54, 1.807) is 0 Å². The zero-order chi connectivity index (χ0) is 15.6. The minimum Gasteiger partial charge on any atom is -0.454 e. The molecule has 2 aromatic rings. The van der Waals surface area contributed by atoms with E-state index >= 15 is 0 Å². The summed E-state index contributed by atoms with van der Waals surface area (Å²) < 4.78 is 10.7. The van der Waals surface area contributed by atoms with Crippen LogP contribution in [-0.4, -0.2) is 36.8 Å². The lowest BCUT2D eigenvalue weighted by Gasteiger charge is -2.10. The third kappa shape index (κ3) is 4.55. The molecule has 2 aliphatic heterocycles. The highest BCUT2D eigenvalue weighted by atomic mass is 35.5. The van der Waals surface area contributed by atoms with Crippen LogP contribution in [0.1, 0.15) is 12.1 Å². The summed E-state index contributed by atoms with van der Waals surface area (Å²) in [5, 5.41) is 9.09. The minimum atomic E-state index is 0. The Hall–Kier alpha value is -1.54. The number of nitrogens with one attached hydrogen (secondary N) is 2. The zero-order valence-corrected chi connectivity index (χ0v) is 15.8. The Morgan fingerprint density at radius 3 is 2.96 bits per heavy atom. The van der Waals surface area contributed by atoms with Crippen molar-refractivity contribution in [1.82, 2.24) is 15.6 Å². The lowest BCUT2D eigenvalue weighted by atomic mass is 10.2. The van der Waals surface area contributed by atoms with Gasteiger partial charge in [0.25, 0.3) is 0 Å². The molecule has 2 aliphatic rings. The van der Waals surface area contributed by atoms with Crippen LogP contribution in [0.2, 0.25) is 0 Å². The molecule has 1 unspecified atom stereocenters. The minimum absolute atomic E-state index is 0. The number of hydrogen-bond donors (Lipinski definition) is 2. The van der Waals surface area contributed by atoms with Gasteiger partial charge in [-0.1, -0.05) is 0 Å². The molecule has 1 fully saturated rings. The van der Waals surface area contributed by atoms with E-state index in [9.17, 15) is 4.79 Å². The number of amides is 1. The van der Waals surface area contributed by atoms with Gasteiger partial charge in [0.15, 0.2) is 11.5 Å². The summed E-state index contributed by atoms with van der Waals surface area (Å²) in [7, 11) is 0. The molecule has 2 N–H and O–H groups in total. The normalized spacial score (nSPS) is 17.5. The number of rotatable bonds is 4. The van der Waals surface area contributed by atoms with Crippen LogP contribution in [0.15, 0.2) is 23.6 Å². The van der Waals surface area contributed by atoms with Crippen molar-refractivity contribution in [1.29, 1.82) is 0 Å². The molecule has 0 aliphatic carbocycles. The second kappa shape index (κ2) is 8.71. The van der Waals surface area contributed by atoms with E-state index in [0.29, 0.717) is 6.42 Å². The largest absolute Gasteiger partial charge is 0.454 e. The number of carbonyl (C=O) groups excluding carboxylic acids is 1. The van der Waals surface area contributed by atoms with E-state index in [1.807, 2.05) is 23.6 Å². The Bertz CT molecular complexity index is 735. The van der Waals surface area contributed by atoms with Gasteiger partial charge in [-0.3, -0.25) is 4.79 Å². The predicted molar refractivity (Wildman–Crippen MR) is 101 cm³/mol. The van der Waals surface area contributed by atoms with Crippen LogP contribution in [0, 0.1) is 0 Å². The molecule has 0 bridgehead atoms. The van der Waals surface area contributed by atoms with Crippen LogP contribution in [0.5, 0.6) is 11.5 Å². The highest BCUT2D eigenvalue weighted by Crippen LogP contribution is 2.36. The van der Waals surface area contributed by atoms with Crippen molar-refractivity contribution < 1.29 is 14.3 Å². The Labute approximate surface area is 162 Å². The van der Waals surface area contributed by atoms with Crippen molar-refractivity contribution in [3.63, 3.8) is 0 Å². The maximum atomic E-state index is 12.1. The first-order valence-corrected chi connectivity index (χ1v) is 8.50. The number of nitrogens with zero attached hydrogens (tertiary/aromatic N) is 1. The molecular weight excluding hydrogens is 385 g/mol. The summed E-state index contributed by atoms with van der Waals surface area (Å²) in [6.45, 7) is 2.08. The van der Waals surface area contributed by atoms with Crippen LogP contribution in [0.4, 0.5) is 0 Å². The Kier molecular flexibility index (Phi) is 6.89. The maximum Gasteiger partial charge on any atom is 0.231 e. The van der Waals surface area contributed by atoms with Gasteiger partial charge >= 0.3 is 0 Å². The number of thiazole rings is 1. The van der Waals surface area contributed by atoms with E-state index in [0.717, 1.165) is 47.3 Å². The summed E-state index contributed by atoms with van der Waals surface area (Å²) in [6.07, 6.45) is 1.31. The lowest BCUT2D eigenvalue weighted by molar-refractivity contribution is -0.121. The van der Waals surface area contributed by atoms with Gasteiger partial charge in [-0.05, 0) is 31.2 Å². The molecule has 0 spiro atoms. The lowest BCUT2D eigenvalue weighted by Crippen LogP contribution is -2.37. The van der Waals surface area contributed by atoms with E-state index < -0.39 is 0 Å². The molecule has 9 heteroatoms. The molecule has 4 rings (SSSR count). The monoisotopic (exact) mass is 403 g/mol. The summed E-state index contributed by atoms with van der Waals surface area (Å²) in [4.78, 5) is 16.6. The molecule has 1 aromatic heterocycles. The first-order valence-electron chi connectivity index (χ1n) is 7.62. The first kappa shape index (κ1) is 19.8. The standard InChI is InChI=1S/C16H17N3O3S.2ClH/c20-15(18-11-3-4-17-7-11)6-12-8-23-16(19-12)10-1-2-13-14(5-10)22-9-21-13;;/h1-2,5,8,11,17H,3-4,6-7,9H2,(H,18,20);2*1H. The SMILES string of the molecule is Cl.Cl.O=C(Cc1csc(-c2ccc3c(c2)OCO3)n1)NC1CCNC1. The Morgan fingerprint density at radius 1 is 1.32 bits per heavy atom. The number of carbonyl (C=O) groups is 1. The van der Waals surface area contributed by atoms with E-state index in [2.05, 4.69) is 15.6 Å². The summed E-state index contributed by atoms with van der Waals surface area (Å²) >= 11 is 1.53. The average Bonchev–Trinajstić information content (AvgIpc) is 3.27. The van der Waals surface area contributed by atoms with Crippen molar-refractivity contribution in [3.8, 4) is 22.1 Å². The molecule has 3 heterocycles. The van der Waals surface area contributed by atoms with Gasteiger partial charge in [0.05, 0.1) is 12.1 Å². The fourth-order valence-corrected chi connectivity index (χ4v) is 3.59. The quantitative estimate of drug-likeness (QED) is 0.819. The number of fused-ring (bicyclic) bond motifs is 1. The van der Waals surface area contributed by atoms with E-state index in [4.69, 9.17) is 9.47 Å². The number of aromatic nitrogens is 1. The molecular formula is C16H19Cl2N3O3S. The Morgan fingerprint density at radius 2 is 2.16 bits per heavy atom. The van der Waals surface area contributed by atoms with E-state index in [1.165, 1.54) is 11.3 Å². The third-order valence-electron chi connectivity index (χ3n) is 3.94. The predicted octanol–water partition coefficient (Wildman–Crippen LogP) is 2.40. The van der Waals surface area contributed by atoms with Crippen LogP contribution >= 0.6 is 36.2 Å². The van der Waals surface area contributed by atoms with Gasteiger partial charge in [-0.15, -0.1) is 36.2 Å². The highest BCUT2D eigenvalue weighted by molar-refractivity contribution is 7.13. The van der Waals surface area contributed by atoms with Gasteiger partial charge in [-0.25, -0.2) is 4.98 Å². The second-order valence-corrected chi connectivity index (χ2v) is 6.50. The summed E-state index contributed by atoms with van der Waals surface area (Å²) in [6, 6.07) is 6.02. The fraction of sp³-hybridized carbons (Fsp3) is 0.375. The van der Waals surface area contributed by atoms with Crippen LogP contribution in [0.3, 0.4) is 0 Å². The van der Waals surface area contributed by atoms with Crippen LogP contribution in [0.25, 0.3) is 10.6 Å². The van der Waals surface area contributed by atoms with Crippen molar-refractivity contribution in [3.05, 3.63) is 29.3 Å².